The van der Waals surface area contributed by atoms with Crippen molar-refractivity contribution >= 4 is 11.9 Å². The summed E-state index contributed by atoms with van der Waals surface area (Å²) >= 11 is 0. The van der Waals surface area contributed by atoms with Crippen molar-refractivity contribution in [1.82, 2.24) is 0 Å². The first-order valence-electron chi connectivity index (χ1n) is 8.73. The van der Waals surface area contributed by atoms with E-state index in [-0.39, 0.29) is 17.3 Å². The Morgan fingerprint density at radius 3 is 2.29 bits per heavy atom. The van der Waals surface area contributed by atoms with E-state index in [1.807, 2.05) is 13.8 Å². The van der Waals surface area contributed by atoms with Gasteiger partial charge >= 0.3 is 6.61 Å². The maximum atomic E-state index is 12.5. The summed E-state index contributed by atoms with van der Waals surface area (Å²) in [6.07, 6.45) is 2.95. The molecule has 7 heteroatoms. The molecule has 150 valence electrons. The topological polar surface area (TPSA) is 54.0 Å². The van der Waals surface area contributed by atoms with Crippen LogP contribution >= 0.6 is 0 Å². The Hall–Kier alpha value is -3.09. The molecule has 0 heterocycles. The lowest BCUT2D eigenvalue weighted by Gasteiger charge is -2.11. The molecule has 0 bridgehead atoms. The lowest BCUT2D eigenvalue weighted by molar-refractivity contribution is -0.0512. The van der Waals surface area contributed by atoms with Crippen molar-refractivity contribution in [2.24, 2.45) is 0 Å². The number of benzene rings is 2. The minimum Gasteiger partial charge on any atom is -0.493 e. The average molecular weight is 392 g/mol. The Kier molecular flexibility index (Phi) is 7.80. The highest BCUT2D eigenvalue weighted by Gasteiger charge is 2.12. The molecule has 2 aromatic carbocycles. The summed E-state index contributed by atoms with van der Waals surface area (Å²) in [5.74, 6) is 0.905. The molecule has 0 aromatic heterocycles. The third-order valence-electron chi connectivity index (χ3n) is 3.66. The molecular weight excluding hydrogens is 370 g/mol. The van der Waals surface area contributed by atoms with Crippen LogP contribution in [0.1, 0.15) is 29.8 Å². The molecule has 0 amide bonds. The number of hydrogen-bond acceptors (Lipinski definition) is 5. The monoisotopic (exact) mass is 392 g/mol. The third-order valence-corrected chi connectivity index (χ3v) is 3.66. The SMILES string of the molecule is CCOc1ccc(C(=O)/C=C/c2ccc(OC(F)F)c(OC)c2)cc1OCC. The molecule has 0 saturated heterocycles. The Bertz CT molecular complexity index is 834. The summed E-state index contributed by atoms with van der Waals surface area (Å²) in [6.45, 7) is 1.69. The molecular formula is C21H22F2O5. The van der Waals surface area contributed by atoms with Crippen molar-refractivity contribution in [3.05, 3.63) is 53.6 Å². The van der Waals surface area contributed by atoms with E-state index in [2.05, 4.69) is 4.74 Å². The van der Waals surface area contributed by atoms with Gasteiger partial charge in [-0.25, -0.2) is 0 Å². The Balaban J connectivity index is 2.20. The van der Waals surface area contributed by atoms with Gasteiger partial charge in [-0.15, -0.1) is 0 Å². The van der Waals surface area contributed by atoms with Crippen LogP contribution < -0.4 is 18.9 Å². The summed E-state index contributed by atoms with van der Waals surface area (Å²) in [5, 5.41) is 0. The van der Waals surface area contributed by atoms with Crippen molar-refractivity contribution < 1.29 is 32.5 Å². The molecule has 0 saturated carbocycles. The molecule has 0 aliphatic rings. The number of carbonyl (C=O) groups is 1. The minimum atomic E-state index is -2.95. The number of carbonyl (C=O) groups excluding carboxylic acids is 1. The van der Waals surface area contributed by atoms with Gasteiger partial charge in [0.1, 0.15) is 0 Å². The average Bonchev–Trinajstić information content (AvgIpc) is 2.68. The second-order valence-electron chi connectivity index (χ2n) is 5.51. The van der Waals surface area contributed by atoms with Gasteiger partial charge in [-0.05, 0) is 55.8 Å². The molecule has 0 N–H and O–H groups in total. The van der Waals surface area contributed by atoms with Gasteiger partial charge < -0.3 is 18.9 Å². The quantitative estimate of drug-likeness (QED) is 0.421. The summed E-state index contributed by atoms with van der Waals surface area (Å²) < 4.78 is 45.2. The predicted octanol–water partition coefficient (Wildman–Crippen LogP) is 4.99. The summed E-state index contributed by atoms with van der Waals surface area (Å²) in [4.78, 5) is 12.5. The molecule has 0 aliphatic heterocycles. The van der Waals surface area contributed by atoms with Gasteiger partial charge in [0, 0.05) is 5.56 Å². The van der Waals surface area contributed by atoms with Gasteiger partial charge in [-0.2, -0.15) is 8.78 Å². The van der Waals surface area contributed by atoms with E-state index in [4.69, 9.17) is 14.2 Å². The minimum absolute atomic E-state index is 0.0751. The van der Waals surface area contributed by atoms with Crippen LogP contribution in [0, 0.1) is 0 Å². The highest BCUT2D eigenvalue weighted by molar-refractivity contribution is 6.07. The largest absolute Gasteiger partial charge is 0.493 e. The van der Waals surface area contributed by atoms with Crippen molar-refractivity contribution in [3.63, 3.8) is 0 Å². The molecule has 2 aromatic rings. The normalized spacial score (nSPS) is 10.9. The maximum absolute atomic E-state index is 12.5. The van der Waals surface area contributed by atoms with Gasteiger partial charge in [0.15, 0.2) is 28.8 Å². The fraction of sp³-hybridized carbons (Fsp3) is 0.286. The zero-order chi connectivity index (χ0) is 20.5. The highest BCUT2D eigenvalue weighted by atomic mass is 19.3. The molecule has 0 radical (unpaired) electrons. The van der Waals surface area contributed by atoms with E-state index >= 15 is 0 Å². The number of rotatable bonds is 10. The van der Waals surface area contributed by atoms with Gasteiger partial charge in [0.05, 0.1) is 20.3 Å². The number of ketones is 1. The van der Waals surface area contributed by atoms with E-state index in [0.29, 0.717) is 35.8 Å². The predicted molar refractivity (Wildman–Crippen MR) is 102 cm³/mol. The number of methoxy groups -OCH3 is 1. The Morgan fingerprint density at radius 1 is 0.964 bits per heavy atom. The van der Waals surface area contributed by atoms with Crippen LogP contribution in [0.25, 0.3) is 6.08 Å². The number of ether oxygens (including phenoxy) is 4. The van der Waals surface area contributed by atoms with E-state index in [1.54, 1.807) is 30.3 Å². The van der Waals surface area contributed by atoms with Crippen LogP contribution in [-0.4, -0.2) is 32.7 Å². The number of halogens is 2. The summed E-state index contributed by atoms with van der Waals surface area (Å²) in [7, 11) is 1.35. The standard InChI is InChI=1S/C21H22F2O5/c1-4-26-17-11-8-15(13-20(17)27-5-2)16(24)9-6-14-7-10-18(28-21(22)23)19(12-14)25-3/h6-13,21H,4-5H2,1-3H3/b9-6+. The Morgan fingerprint density at radius 2 is 1.64 bits per heavy atom. The first-order chi connectivity index (χ1) is 13.5. The smallest absolute Gasteiger partial charge is 0.387 e. The van der Waals surface area contributed by atoms with Crippen molar-refractivity contribution in [2.75, 3.05) is 20.3 Å². The van der Waals surface area contributed by atoms with E-state index in [1.165, 1.54) is 25.3 Å². The van der Waals surface area contributed by atoms with Crippen LogP contribution in [-0.2, 0) is 0 Å². The molecule has 5 nitrogen and oxygen atoms in total. The van der Waals surface area contributed by atoms with Gasteiger partial charge in [0.25, 0.3) is 0 Å². The molecule has 0 unspecified atom stereocenters. The third kappa shape index (κ3) is 5.70. The molecule has 0 atom stereocenters. The van der Waals surface area contributed by atoms with Crippen molar-refractivity contribution in [2.45, 2.75) is 20.5 Å². The number of allylic oxidation sites excluding steroid dienone is 1. The lowest BCUT2D eigenvalue weighted by Crippen LogP contribution is -2.03. The van der Waals surface area contributed by atoms with Crippen molar-refractivity contribution in [1.29, 1.82) is 0 Å². The van der Waals surface area contributed by atoms with Crippen LogP contribution in [0.4, 0.5) is 8.78 Å². The number of alkyl halides is 2. The summed E-state index contributed by atoms with van der Waals surface area (Å²) in [5.41, 5.74) is 1.04. The summed E-state index contributed by atoms with van der Waals surface area (Å²) in [6, 6.07) is 9.38. The first-order valence-corrected chi connectivity index (χ1v) is 8.73. The van der Waals surface area contributed by atoms with E-state index in [9.17, 15) is 13.6 Å². The Labute approximate surface area is 162 Å². The van der Waals surface area contributed by atoms with E-state index < -0.39 is 6.61 Å². The van der Waals surface area contributed by atoms with Crippen LogP contribution in [0.15, 0.2) is 42.5 Å². The van der Waals surface area contributed by atoms with Gasteiger partial charge in [-0.3, -0.25) is 4.79 Å². The highest BCUT2D eigenvalue weighted by Crippen LogP contribution is 2.31. The zero-order valence-corrected chi connectivity index (χ0v) is 15.9. The second kappa shape index (κ2) is 10.3. The van der Waals surface area contributed by atoms with Crippen molar-refractivity contribution in [3.8, 4) is 23.0 Å². The lowest BCUT2D eigenvalue weighted by atomic mass is 10.1. The zero-order valence-electron chi connectivity index (χ0n) is 15.9. The van der Waals surface area contributed by atoms with Crippen LogP contribution in [0.2, 0.25) is 0 Å². The maximum Gasteiger partial charge on any atom is 0.387 e. The second-order valence-corrected chi connectivity index (χ2v) is 5.51. The van der Waals surface area contributed by atoms with Crippen LogP contribution in [0.3, 0.4) is 0 Å². The van der Waals surface area contributed by atoms with Gasteiger partial charge in [0.2, 0.25) is 0 Å². The number of hydrogen-bond donors (Lipinski definition) is 0. The van der Waals surface area contributed by atoms with E-state index in [0.717, 1.165) is 0 Å². The fourth-order valence-electron chi connectivity index (χ4n) is 2.45. The molecule has 28 heavy (non-hydrogen) atoms. The molecule has 0 aliphatic carbocycles. The van der Waals surface area contributed by atoms with Gasteiger partial charge in [-0.1, -0.05) is 12.1 Å². The first kappa shape index (κ1) is 21.2. The van der Waals surface area contributed by atoms with Crippen LogP contribution in [0.5, 0.6) is 23.0 Å². The fourth-order valence-corrected chi connectivity index (χ4v) is 2.45. The molecule has 2 rings (SSSR count). The molecule has 0 fully saturated rings. The molecule has 0 spiro atoms.